The number of rotatable bonds is 1. The van der Waals surface area contributed by atoms with Crippen molar-refractivity contribution in [2.45, 2.75) is 0 Å². The first-order valence-electron chi connectivity index (χ1n) is 6.29. The smallest absolute Gasteiger partial charge is 0.186 e. The van der Waals surface area contributed by atoms with Crippen molar-refractivity contribution in [3.8, 4) is 0 Å². The molecule has 2 aliphatic rings. The fraction of sp³-hybridized carbons (Fsp3) is 0.385. The van der Waals surface area contributed by atoms with Crippen molar-refractivity contribution in [1.82, 2.24) is 4.90 Å². The standard InChI is InChI=1S/C13H16N4OS/c14-11-3-1-10(2-4-11)12-9-19-13(16-15-12)17-5-7-18-8-6-17/h1-4H,5-9,14H2. The van der Waals surface area contributed by atoms with Crippen LogP contribution in [0.15, 0.2) is 34.5 Å². The minimum atomic E-state index is 0.769. The van der Waals surface area contributed by atoms with Crippen LogP contribution in [-0.4, -0.2) is 47.8 Å². The molecule has 1 saturated heterocycles. The molecule has 0 bridgehead atoms. The number of anilines is 1. The summed E-state index contributed by atoms with van der Waals surface area (Å²) in [6, 6.07) is 7.77. The Morgan fingerprint density at radius 1 is 1.11 bits per heavy atom. The first-order chi connectivity index (χ1) is 9.33. The number of hydrogen-bond acceptors (Lipinski definition) is 6. The van der Waals surface area contributed by atoms with Gasteiger partial charge in [0.15, 0.2) is 5.17 Å². The van der Waals surface area contributed by atoms with Crippen LogP contribution in [0.1, 0.15) is 5.56 Å². The van der Waals surface area contributed by atoms with E-state index in [1.807, 2.05) is 24.3 Å². The predicted molar refractivity (Wildman–Crippen MR) is 79.7 cm³/mol. The Morgan fingerprint density at radius 2 is 1.84 bits per heavy atom. The maximum Gasteiger partial charge on any atom is 0.186 e. The highest BCUT2D eigenvalue weighted by Crippen LogP contribution is 2.19. The van der Waals surface area contributed by atoms with E-state index in [1.54, 1.807) is 11.8 Å². The molecule has 2 heterocycles. The van der Waals surface area contributed by atoms with Gasteiger partial charge in [0.2, 0.25) is 0 Å². The Balaban J connectivity index is 1.74. The number of amidine groups is 1. The lowest BCUT2D eigenvalue weighted by molar-refractivity contribution is 0.0692. The number of hydrogen-bond donors (Lipinski definition) is 1. The zero-order valence-corrected chi connectivity index (χ0v) is 11.4. The average Bonchev–Trinajstić information content (AvgIpc) is 2.49. The van der Waals surface area contributed by atoms with Gasteiger partial charge in [0.1, 0.15) is 0 Å². The van der Waals surface area contributed by atoms with E-state index < -0.39 is 0 Å². The third-order valence-corrected chi connectivity index (χ3v) is 4.14. The van der Waals surface area contributed by atoms with Crippen molar-refractivity contribution in [2.24, 2.45) is 10.2 Å². The molecule has 6 heteroatoms. The molecule has 0 saturated carbocycles. The van der Waals surface area contributed by atoms with E-state index in [0.29, 0.717) is 0 Å². The van der Waals surface area contributed by atoms with Crippen LogP contribution in [0.2, 0.25) is 0 Å². The third kappa shape index (κ3) is 2.90. The molecule has 2 N–H and O–H groups in total. The molecule has 0 radical (unpaired) electrons. The number of benzene rings is 1. The van der Waals surface area contributed by atoms with Crippen molar-refractivity contribution in [3.05, 3.63) is 29.8 Å². The summed E-state index contributed by atoms with van der Waals surface area (Å²) in [6.45, 7) is 3.35. The summed E-state index contributed by atoms with van der Waals surface area (Å²) >= 11 is 1.74. The molecule has 5 nitrogen and oxygen atoms in total. The Hall–Kier alpha value is -1.53. The molecule has 2 aliphatic heterocycles. The molecule has 100 valence electrons. The summed E-state index contributed by atoms with van der Waals surface area (Å²) in [5, 5.41) is 9.69. The van der Waals surface area contributed by atoms with Crippen LogP contribution in [0.4, 0.5) is 5.69 Å². The molecule has 0 atom stereocenters. The molecule has 1 aromatic rings. The van der Waals surface area contributed by atoms with Gasteiger partial charge in [-0.25, -0.2) is 0 Å². The lowest BCUT2D eigenvalue weighted by atomic mass is 10.1. The lowest BCUT2D eigenvalue weighted by Crippen LogP contribution is -2.40. The number of nitrogens with two attached hydrogens (primary N) is 1. The average molecular weight is 276 g/mol. The molecule has 0 aromatic heterocycles. The molecule has 0 unspecified atom stereocenters. The molecule has 1 aromatic carbocycles. The first-order valence-corrected chi connectivity index (χ1v) is 7.27. The van der Waals surface area contributed by atoms with Gasteiger partial charge in [-0.1, -0.05) is 23.9 Å². The van der Waals surface area contributed by atoms with Crippen LogP contribution in [0, 0.1) is 0 Å². The van der Waals surface area contributed by atoms with Gasteiger partial charge >= 0.3 is 0 Å². The SMILES string of the molecule is Nc1ccc(C2=NN=C(N3CCOCC3)SC2)cc1. The topological polar surface area (TPSA) is 63.2 Å². The van der Waals surface area contributed by atoms with Crippen molar-refractivity contribution in [3.63, 3.8) is 0 Å². The Kier molecular flexibility index (Phi) is 3.70. The zero-order valence-electron chi connectivity index (χ0n) is 10.6. The summed E-state index contributed by atoms with van der Waals surface area (Å²) in [6.07, 6.45) is 0. The number of nitrogens with zero attached hydrogens (tertiary/aromatic N) is 3. The van der Waals surface area contributed by atoms with Crippen LogP contribution in [0.3, 0.4) is 0 Å². The fourth-order valence-corrected chi connectivity index (χ4v) is 2.97. The van der Waals surface area contributed by atoms with Gasteiger partial charge in [0.05, 0.1) is 18.9 Å². The van der Waals surface area contributed by atoms with Crippen LogP contribution < -0.4 is 5.73 Å². The summed E-state index contributed by atoms with van der Waals surface area (Å²) in [5.74, 6) is 0.847. The maximum absolute atomic E-state index is 5.68. The third-order valence-electron chi connectivity index (χ3n) is 3.12. The maximum atomic E-state index is 5.68. The molecular formula is C13H16N4OS. The number of morpholine rings is 1. The van der Waals surface area contributed by atoms with E-state index in [0.717, 1.165) is 54.2 Å². The summed E-state index contributed by atoms with van der Waals surface area (Å²) < 4.78 is 5.34. The number of thioether (sulfide) groups is 1. The second-order valence-corrected chi connectivity index (χ2v) is 5.38. The van der Waals surface area contributed by atoms with Gasteiger partial charge in [-0.2, -0.15) is 5.10 Å². The first kappa shape index (κ1) is 12.5. The Morgan fingerprint density at radius 3 is 2.47 bits per heavy atom. The van der Waals surface area contributed by atoms with Gasteiger partial charge in [-0.05, 0) is 17.7 Å². The van der Waals surface area contributed by atoms with E-state index >= 15 is 0 Å². The molecule has 0 spiro atoms. The monoisotopic (exact) mass is 276 g/mol. The van der Waals surface area contributed by atoms with E-state index in [1.165, 1.54) is 0 Å². The largest absolute Gasteiger partial charge is 0.399 e. The van der Waals surface area contributed by atoms with Crippen molar-refractivity contribution < 1.29 is 4.74 Å². The zero-order chi connectivity index (χ0) is 13.1. The van der Waals surface area contributed by atoms with Gasteiger partial charge < -0.3 is 15.4 Å². The quantitative estimate of drug-likeness (QED) is 0.788. The van der Waals surface area contributed by atoms with Crippen LogP contribution in [0.25, 0.3) is 0 Å². The van der Waals surface area contributed by atoms with Crippen molar-refractivity contribution in [2.75, 3.05) is 37.8 Å². The highest BCUT2D eigenvalue weighted by molar-refractivity contribution is 8.14. The summed E-state index contributed by atoms with van der Waals surface area (Å²) in [5.41, 5.74) is 8.54. The Labute approximate surface area is 116 Å². The van der Waals surface area contributed by atoms with Crippen LogP contribution in [0.5, 0.6) is 0 Å². The molecular weight excluding hydrogens is 260 g/mol. The highest BCUT2D eigenvalue weighted by atomic mass is 32.2. The van der Waals surface area contributed by atoms with E-state index in [2.05, 4.69) is 15.1 Å². The van der Waals surface area contributed by atoms with Crippen molar-refractivity contribution in [1.29, 1.82) is 0 Å². The van der Waals surface area contributed by atoms with Crippen LogP contribution in [-0.2, 0) is 4.74 Å². The van der Waals surface area contributed by atoms with Gasteiger partial charge in [-0.3, -0.25) is 0 Å². The minimum absolute atomic E-state index is 0.769. The van der Waals surface area contributed by atoms with Gasteiger partial charge in [0, 0.05) is 24.5 Å². The normalized spacial score (nSPS) is 19.9. The molecule has 0 aliphatic carbocycles. The Bertz CT molecular complexity index is 506. The van der Waals surface area contributed by atoms with Crippen molar-refractivity contribution >= 4 is 28.3 Å². The van der Waals surface area contributed by atoms with E-state index in [9.17, 15) is 0 Å². The predicted octanol–water partition coefficient (Wildman–Crippen LogP) is 1.41. The number of nitrogen functional groups attached to an aromatic ring is 1. The molecule has 0 amide bonds. The second-order valence-electron chi connectivity index (χ2n) is 4.44. The van der Waals surface area contributed by atoms with Gasteiger partial charge in [0.25, 0.3) is 0 Å². The fourth-order valence-electron chi connectivity index (χ4n) is 2.02. The lowest BCUT2D eigenvalue weighted by Gasteiger charge is -2.29. The van der Waals surface area contributed by atoms with E-state index in [4.69, 9.17) is 10.5 Å². The second kappa shape index (κ2) is 5.63. The summed E-state index contributed by atoms with van der Waals surface area (Å²) in [7, 11) is 0. The number of ether oxygens (including phenoxy) is 1. The highest BCUT2D eigenvalue weighted by Gasteiger charge is 2.19. The molecule has 19 heavy (non-hydrogen) atoms. The molecule has 1 fully saturated rings. The van der Waals surface area contributed by atoms with E-state index in [-0.39, 0.29) is 0 Å². The summed E-state index contributed by atoms with van der Waals surface area (Å²) in [4.78, 5) is 2.23. The molecule has 3 rings (SSSR count). The van der Waals surface area contributed by atoms with Gasteiger partial charge in [-0.15, -0.1) is 5.10 Å². The minimum Gasteiger partial charge on any atom is -0.399 e. The van der Waals surface area contributed by atoms with Crippen LogP contribution >= 0.6 is 11.8 Å².